The normalized spacial score (nSPS) is 15.1. The number of carbonyl (C=O) groups excluding carboxylic acids is 1. The molecule has 2 aromatic rings. The summed E-state index contributed by atoms with van der Waals surface area (Å²) in [5.41, 5.74) is 0.987. The lowest BCUT2D eigenvalue weighted by molar-refractivity contribution is -0.114. The van der Waals surface area contributed by atoms with E-state index in [4.69, 9.17) is 11.6 Å². The summed E-state index contributed by atoms with van der Waals surface area (Å²) in [7, 11) is -3.70. The molecule has 23 heavy (non-hydrogen) atoms. The number of nitrogens with zero attached hydrogens (tertiary/aromatic N) is 2. The Hall–Kier alpha value is -2.38. The Kier molecular flexibility index (Phi) is 4.06. The Labute approximate surface area is 138 Å². The van der Waals surface area contributed by atoms with E-state index in [1.807, 2.05) is 0 Å². The van der Waals surface area contributed by atoms with Crippen LogP contribution in [0, 0.1) is 0 Å². The summed E-state index contributed by atoms with van der Waals surface area (Å²) >= 11 is 5.87. The van der Waals surface area contributed by atoms with E-state index in [1.165, 1.54) is 11.0 Å². The smallest absolute Gasteiger partial charge is 0.285 e. The van der Waals surface area contributed by atoms with Crippen molar-refractivity contribution < 1.29 is 13.2 Å². The summed E-state index contributed by atoms with van der Waals surface area (Å²) in [5.74, 6) is -0.312. The minimum Gasteiger partial charge on any atom is -0.324 e. The summed E-state index contributed by atoms with van der Waals surface area (Å²) in [6.45, 7) is -0.0669. The second-order valence-electron chi connectivity index (χ2n) is 4.85. The highest BCUT2D eigenvalue weighted by Crippen LogP contribution is 2.29. The van der Waals surface area contributed by atoms with E-state index in [-0.39, 0.29) is 17.3 Å². The number of para-hydroxylation sites is 1. The predicted octanol–water partition coefficient (Wildman–Crippen LogP) is 2.52. The second-order valence-corrected chi connectivity index (χ2v) is 6.89. The molecule has 1 heterocycles. The van der Waals surface area contributed by atoms with Gasteiger partial charge >= 0.3 is 0 Å². The van der Waals surface area contributed by atoms with E-state index >= 15 is 0 Å². The Bertz CT molecular complexity index is 896. The van der Waals surface area contributed by atoms with Crippen LogP contribution in [-0.4, -0.2) is 27.2 Å². The Morgan fingerprint density at radius 3 is 2.74 bits per heavy atom. The van der Waals surface area contributed by atoms with Gasteiger partial charge in [-0.25, -0.2) is 0 Å². The Morgan fingerprint density at radius 1 is 1.17 bits per heavy atom. The highest BCUT2D eigenvalue weighted by Gasteiger charge is 2.25. The van der Waals surface area contributed by atoms with Gasteiger partial charge in [-0.1, -0.05) is 29.8 Å². The van der Waals surface area contributed by atoms with Gasteiger partial charge in [-0.3, -0.25) is 4.79 Å². The zero-order valence-corrected chi connectivity index (χ0v) is 13.4. The van der Waals surface area contributed by atoms with E-state index in [2.05, 4.69) is 9.71 Å². The first kappa shape index (κ1) is 15.5. The fraction of sp³-hybridized carbons (Fsp3) is 0.0667. The third-order valence-corrected chi connectivity index (χ3v) is 4.71. The molecule has 0 saturated heterocycles. The molecule has 0 radical (unpaired) electrons. The topological polar surface area (TPSA) is 78.8 Å². The van der Waals surface area contributed by atoms with E-state index in [0.717, 1.165) is 6.34 Å². The maximum Gasteiger partial charge on any atom is 0.285 e. The molecule has 8 heteroatoms. The van der Waals surface area contributed by atoms with Crippen LogP contribution in [0.3, 0.4) is 0 Å². The van der Waals surface area contributed by atoms with Crippen molar-refractivity contribution in [1.29, 1.82) is 0 Å². The molecule has 0 aliphatic carbocycles. The maximum atomic E-state index is 12.2. The zero-order valence-electron chi connectivity index (χ0n) is 11.8. The van der Waals surface area contributed by atoms with E-state index < -0.39 is 10.0 Å². The monoisotopic (exact) mass is 349 g/mol. The first-order valence-corrected chi connectivity index (χ1v) is 8.49. The lowest BCUT2D eigenvalue weighted by Crippen LogP contribution is -2.35. The van der Waals surface area contributed by atoms with Crippen LogP contribution in [0.15, 0.2) is 57.8 Å². The van der Waals surface area contributed by atoms with Crippen molar-refractivity contribution in [3.05, 3.63) is 53.6 Å². The van der Waals surface area contributed by atoms with E-state index in [1.54, 1.807) is 42.5 Å². The Balaban J connectivity index is 1.80. The van der Waals surface area contributed by atoms with Gasteiger partial charge in [-0.05, 0) is 30.3 Å². The molecule has 0 spiro atoms. The number of nitrogens with one attached hydrogen (secondary N) is 1. The molecule has 1 aliphatic rings. The average molecular weight is 350 g/mol. The summed E-state index contributed by atoms with van der Waals surface area (Å²) in [4.78, 5) is 13.7. The number of fused-ring (bicyclic) bond motifs is 1. The molecular formula is C15H12ClN3O3S. The highest BCUT2D eigenvalue weighted by molar-refractivity contribution is 7.90. The van der Waals surface area contributed by atoms with E-state index in [9.17, 15) is 13.2 Å². The molecule has 1 amide bonds. The van der Waals surface area contributed by atoms with Gasteiger partial charge in [-0.2, -0.15) is 8.42 Å². The first-order chi connectivity index (χ1) is 11.0. The van der Waals surface area contributed by atoms with Crippen LogP contribution in [0.4, 0.5) is 11.4 Å². The van der Waals surface area contributed by atoms with Crippen molar-refractivity contribution in [2.75, 3.05) is 16.8 Å². The molecule has 6 nitrogen and oxygen atoms in total. The Morgan fingerprint density at radius 2 is 1.96 bits per heavy atom. The summed E-state index contributed by atoms with van der Waals surface area (Å²) in [5, 5.41) is 3.22. The van der Waals surface area contributed by atoms with Gasteiger partial charge in [0.1, 0.15) is 17.8 Å². The third-order valence-electron chi connectivity index (χ3n) is 3.20. The number of rotatable bonds is 3. The molecule has 0 atom stereocenters. The lowest BCUT2D eigenvalue weighted by atomic mass is 10.3. The van der Waals surface area contributed by atoms with Crippen LogP contribution < -0.4 is 10.2 Å². The van der Waals surface area contributed by atoms with Crippen LogP contribution in [-0.2, 0) is 14.8 Å². The molecule has 0 aromatic heterocycles. The average Bonchev–Trinajstić information content (AvgIpc) is 2.50. The minimum absolute atomic E-state index is 0.0669. The largest absolute Gasteiger partial charge is 0.324 e. The molecule has 2 aromatic carbocycles. The number of amides is 1. The molecule has 0 fully saturated rings. The number of anilines is 2. The van der Waals surface area contributed by atoms with Crippen LogP contribution in [0.1, 0.15) is 0 Å². The summed E-state index contributed by atoms with van der Waals surface area (Å²) < 4.78 is 27.3. The van der Waals surface area contributed by atoms with Gasteiger partial charge in [0.25, 0.3) is 10.0 Å². The van der Waals surface area contributed by atoms with Crippen molar-refractivity contribution in [2.24, 2.45) is 4.40 Å². The number of hydrogen-bond donors (Lipinski definition) is 1. The third kappa shape index (κ3) is 3.35. The number of halogens is 1. The molecule has 118 valence electrons. The standard InChI is InChI=1S/C15H12ClN3O3S/c16-11-4-3-5-12(8-11)18-15(20)9-19-10-17-23(21,22)14-7-2-1-6-13(14)19/h1-8,10H,9H2,(H,18,20). The molecule has 0 unspecified atom stereocenters. The number of sulfonamides is 1. The number of hydrogen-bond acceptors (Lipinski definition) is 4. The highest BCUT2D eigenvalue weighted by atomic mass is 35.5. The number of benzene rings is 2. The number of carbonyl (C=O) groups is 1. The van der Waals surface area contributed by atoms with Gasteiger partial charge in [0.05, 0.1) is 5.69 Å². The first-order valence-electron chi connectivity index (χ1n) is 6.67. The fourth-order valence-electron chi connectivity index (χ4n) is 2.20. The summed E-state index contributed by atoms with van der Waals surface area (Å²) in [6.07, 6.45) is 1.15. The lowest BCUT2D eigenvalue weighted by Gasteiger charge is -2.24. The van der Waals surface area contributed by atoms with Crippen LogP contribution in [0.25, 0.3) is 0 Å². The molecular weight excluding hydrogens is 338 g/mol. The quantitative estimate of drug-likeness (QED) is 0.923. The summed E-state index contributed by atoms with van der Waals surface area (Å²) in [6, 6.07) is 13.2. The zero-order chi connectivity index (χ0) is 16.4. The van der Waals surface area contributed by atoms with Crippen LogP contribution >= 0.6 is 11.6 Å². The van der Waals surface area contributed by atoms with E-state index in [0.29, 0.717) is 16.4 Å². The van der Waals surface area contributed by atoms with Crippen molar-refractivity contribution in [3.63, 3.8) is 0 Å². The van der Waals surface area contributed by atoms with Crippen molar-refractivity contribution in [3.8, 4) is 0 Å². The molecule has 0 saturated carbocycles. The van der Waals surface area contributed by atoms with Gasteiger partial charge < -0.3 is 10.2 Å². The predicted molar refractivity (Wildman–Crippen MR) is 89.5 cm³/mol. The fourth-order valence-corrected chi connectivity index (χ4v) is 3.44. The molecule has 0 bridgehead atoms. The van der Waals surface area contributed by atoms with Gasteiger partial charge in [0.15, 0.2) is 0 Å². The van der Waals surface area contributed by atoms with Gasteiger partial charge in [0.2, 0.25) is 5.91 Å². The maximum absolute atomic E-state index is 12.2. The van der Waals surface area contributed by atoms with Crippen molar-refractivity contribution in [2.45, 2.75) is 4.90 Å². The second kappa shape index (κ2) is 6.02. The van der Waals surface area contributed by atoms with Crippen LogP contribution in [0.5, 0.6) is 0 Å². The molecule has 1 aliphatic heterocycles. The van der Waals surface area contributed by atoms with Crippen molar-refractivity contribution >= 4 is 45.2 Å². The SMILES string of the molecule is O=C(CN1C=NS(=O)(=O)c2ccccc21)Nc1cccc(Cl)c1. The molecule has 1 N–H and O–H groups in total. The van der Waals surface area contributed by atoms with Gasteiger partial charge in [-0.15, -0.1) is 4.40 Å². The van der Waals surface area contributed by atoms with Gasteiger partial charge in [0, 0.05) is 10.7 Å². The molecule has 3 rings (SSSR count). The minimum atomic E-state index is -3.70. The van der Waals surface area contributed by atoms with Crippen LogP contribution in [0.2, 0.25) is 5.02 Å². The van der Waals surface area contributed by atoms with Crippen molar-refractivity contribution in [1.82, 2.24) is 0 Å².